The molecule has 0 aliphatic heterocycles. The molecular weight excluding hydrogens is 372 g/mol. The van der Waals surface area contributed by atoms with Crippen molar-refractivity contribution in [2.24, 2.45) is 0 Å². The van der Waals surface area contributed by atoms with Gasteiger partial charge in [-0.3, -0.25) is 4.90 Å². The minimum absolute atomic E-state index is 0.691. The summed E-state index contributed by atoms with van der Waals surface area (Å²) >= 11 is 1.63. The summed E-state index contributed by atoms with van der Waals surface area (Å²) in [4.78, 5) is 7.20. The van der Waals surface area contributed by atoms with Gasteiger partial charge in [0.1, 0.15) is 16.5 Å². The molecule has 0 unspecified atom stereocenters. The molecule has 3 rings (SSSR count). The molecule has 5 nitrogen and oxygen atoms in total. The Kier molecular flexibility index (Phi) is 7.42. The predicted molar refractivity (Wildman–Crippen MR) is 113 cm³/mol. The van der Waals surface area contributed by atoms with Crippen LogP contribution in [-0.2, 0) is 17.8 Å². The molecule has 1 aromatic heterocycles. The van der Waals surface area contributed by atoms with Crippen molar-refractivity contribution in [1.29, 1.82) is 0 Å². The molecule has 0 fully saturated rings. The third kappa shape index (κ3) is 5.32. The van der Waals surface area contributed by atoms with Crippen molar-refractivity contribution in [1.82, 2.24) is 9.88 Å². The third-order valence-corrected chi connectivity index (χ3v) is 5.36. The van der Waals surface area contributed by atoms with E-state index in [0.717, 1.165) is 47.4 Å². The lowest BCUT2D eigenvalue weighted by Crippen LogP contribution is -2.26. The van der Waals surface area contributed by atoms with Gasteiger partial charge in [-0.25, -0.2) is 4.98 Å². The van der Waals surface area contributed by atoms with Crippen LogP contribution in [0.1, 0.15) is 11.3 Å². The van der Waals surface area contributed by atoms with Gasteiger partial charge >= 0.3 is 0 Å². The molecule has 28 heavy (non-hydrogen) atoms. The summed E-state index contributed by atoms with van der Waals surface area (Å²) < 4.78 is 16.1. The summed E-state index contributed by atoms with van der Waals surface area (Å²) in [6.07, 6.45) is 0. The van der Waals surface area contributed by atoms with Gasteiger partial charge in [0, 0.05) is 38.2 Å². The lowest BCUT2D eigenvalue weighted by Gasteiger charge is -2.21. The Bertz CT molecular complexity index is 867. The van der Waals surface area contributed by atoms with E-state index in [4.69, 9.17) is 19.2 Å². The summed E-state index contributed by atoms with van der Waals surface area (Å²) in [6.45, 7) is 3.18. The number of thiazole rings is 1. The second-order valence-electron chi connectivity index (χ2n) is 6.40. The van der Waals surface area contributed by atoms with Gasteiger partial charge in [0.05, 0.1) is 32.1 Å². The Hall–Kier alpha value is -2.41. The first-order chi connectivity index (χ1) is 13.7. The number of aromatic nitrogens is 1. The van der Waals surface area contributed by atoms with Crippen LogP contribution in [0.4, 0.5) is 0 Å². The highest BCUT2D eigenvalue weighted by Crippen LogP contribution is 2.35. The van der Waals surface area contributed by atoms with E-state index in [2.05, 4.69) is 34.5 Å². The van der Waals surface area contributed by atoms with Crippen molar-refractivity contribution >= 4 is 11.3 Å². The molecule has 0 spiro atoms. The highest BCUT2D eigenvalue weighted by molar-refractivity contribution is 7.13. The first-order valence-electron chi connectivity index (χ1n) is 9.15. The number of methoxy groups -OCH3 is 3. The van der Waals surface area contributed by atoms with Gasteiger partial charge in [-0.15, -0.1) is 11.3 Å². The van der Waals surface area contributed by atoms with E-state index < -0.39 is 0 Å². The van der Waals surface area contributed by atoms with Gasteiger partial charge < -0.3 is 14.2 Å². The Balaban J connectivity index is 1.76. The van der Waals surface area contributed by atoms with Crippen molar-refractivity contribution in [3.05, 3.63) is 65.2 Å². The van der Waals surface area contributed by atoms with Crippen LogP contribution >= 0.6 is 11.3 Å². The van der Waals surface area contributed by atoms with Crippen LogP contribution in [0.25, 0.3) is 10.6 Å². The van der Waals surface area contributed by atoms with Gasteiger partial charge in [-0.05, 0) is 17.7 Å². The lowest BCUT2D eigenvalue weighted by atomic mass is 10.2. The second-order valence-corrected chi connectivity index (χ2v) is 7.26. The zero-order chi connectivity index (χ0) is 19.8. The van der Waals surface area contributed by atoms with Crippen molar-refractivity contribution in [3.8, 4) is 22.1 Å². The Labute approximate surface area is 170 Å². The first kappa shape index (κ1) is 20.3. The average molecular weight is 399 g/mol. The Morgan fingerprint density at radius 1 is 0.964 bits per heavy atom. The quantitative estimate of drug-likeness (QED) is 0.504. The standard InChI is InChI=1S/C22H26N2O3S/c1-25-12-11-24(14-17-7-5-4-6-8-17)15-18-16-28-22(23-18)20-10-9-19(26-2)13-21(20)27-3/h4-10,13,16H,11-12,14-15H2,1-3H3. The zero-order valence-corrected chi connectivity index (χ0v) is 17.4. The monoisotopic (exact) mass is 398 g/mol. The van der Waals surface area contributed by atoms with Gasteiger partial charge in [0.15, 0.2) is 0 Å². The molecule has 0 aliphatic rings. The van der Waals surface area contributed by atoms with E-state index in [1.54, 1.807) is 32.7 Å². The van der Waals surface area contributed by atoms with Gasteiger partial charge in [0.2, 0.25) is 0 Å². The van der Waals surface area contributed by atoms with E-state index >= 15 is 0 Å². The molecule has 0 saturated carbocycles. The molecule has 0 aliphatic carbocycles. The molecule has 6 heteroatoms. The Morgan fingerprint density at radius 3 is 2.50 bits per heavy atom. The van der Waals surface area contributed by atoms with Gasteiger partial charge in [0.25, 0.3) is 0 Å². The van der Waals surface area contributed by atoms with E-state index in [0.29, 0.717) is 6.61 Å². The SMILES string of the molecule is COCCN(Cc1ccccc1)Cc1csc(-c2ccc(OC)cc2OC)n1. The molecular formula is C22H26N2O3S. The minimum Gasteiger partial charge on any atom is -0.497 e. The topological polar surface area (TPSA) is 43.8 Å². The van der Waals surface area contributed by atoms with Crippen LogP contribution in [0.2, 0.25) is 0 Å². The van der Waals surface area contributed by atoms with Crippen molar-refractivity contribution in [2.75, 3.05) is 34.5 Å². The fraction of sp³-hybridized carbons (Fsp3) is 0.318. The molecule has 0 atom stereocenters. The van der Waals surface area contributed by atoms with E-state index in [9.17, 15) is 0 Å². The van der Waals surface area contributed by atoms with Gasteiger partial charge in [-0.1, -0.05) is 30.3 Å². The fourth-order valence-corrected chi connectivity index (χ4v) is 3.82. The molecule has 0 amide bonds. The molecule has 3 aromatic rings. The number of hydrogen-bond donors (Lipinski definition) is 0. The van der Waals surface area contributed by atoms with Crippen molar-refractivity contribution in [2.45, 2.75) is 13.1 Å². The summed E-state index contributed by atoms with van der Waals surface area (Å²) in [5.41, 5.74) is 3.31. The minimum atomic E-state index is 0.691. The first-order valence-corrected chi connectivity index (χ1v) is 10.0. The average Bonchev–Trinajstić information content (AvgIpc) is 3.20. The largest absolute Gasteiger partial charge is 0.497 e. The number of nitrogens with zero attached hydrogens (tertiary/aromatic N) is 2. The molecule has 1 heterocycles. The van der Waals surface area contributed by atoms with Crippen LogP contribution in [0.5, 0.6) is 11.5 Å². The number of rotatable bonds is 10. The Morgan fingerprint density at radius 2 is 1.79 bits per heavy atom. The van der Waals surface area contributed by atoms with Crippen molar-refractivity contribution < 1.29 is 14.2 Å². The predicted octanol–water partition coefficient (Wildman–Crippen LogP) is 4.48. The highest BCUT2D eigenvalue weighted by atomic mass is 32.1. The highest BCUT2D eigenvalue weighted by Gasteiger charge is 2.14. The molecule has 0 N–H and O–H groups in total. The molecule has 148 valence electrons. The number of ether oxygens (including phenoxy) is 3. The second kappa shape index (κ2) is 10.2. The van der Waals surface area contributed by atoms with Crippen LogP contribution in [0, 0.1) is 0 Å². The summed E-state index contributed by atoms with van der Waals surface area (Å²) in [5.74, 6) is 1.53. The zero-order valence-electron chi connectivity index (χ0n) is 16.6. The van der Waals surface area contributed by atoms with E-state index in [1.165, 1.54) is 5.56 Å². The smallest absolute Gasteiger partial charge is 0.132 e. The van der Waals surface area contributed by atoms with Crippen molar-refractivity contribution in [3.63, 3.8) is 0 Å². The normalized spacial score (nSPS) is 11.0. The summed E-state index contributed by atoms with van der Waals surface area (Å²) in [7, 11) is 5.05. The summed E-state index contributed by atoms with van der Waals surface area (Å²) in [6, 6.07) is 16.3. The lowest BCUT2D eigenvalue weighted by molar-refractivity contribution is 0.139. The maximum Gasteiger partial charge on any atom is 0.132 e. The maximum absolute atomic E-state index is 5.52. The molecule has 2 aromatic carbocycles. The molecule has 0 bridgehead atoms. The van der Waals surface area contributed by atoms with Crippen LogP contribution in [0.3, 0.4) is 0 Å². The fourth-order valence-electron chi connectivity index (χ4n) is 2.98. The maximum atomic E-state index is 5.52. The number of benzene rings is 2. The van der Waals surface area contributed by atoms with E-state index in [-0.39, 0.29) is 0 Å². The van der Waals surface area contributed by atoms with Crippen LogP contribution < -0.4 is 9.47 Å². The number of hydrogen-bond acceptors (Lipinski definition) is 6. The van der Waals surface area contributed by atoms with E-state index in [1.807, 2.05) is 24.3 Å². The molecule has 0 radical (unpaired) electrons. The third-order valence-electron chi connectivity index (χ3n) is 4.44. The molecule has 0 saturated heterocycles. The van der Waals surface area contributed by atoms with Crippen LogP contribution in [-0.4, -0.2) is 44.4 Å². The van der Waals surface area contributed by atoms with Gasteiger partial charge in [-0.2, -0.15) is 0 Å². The van der Waals surface area contributed by atoms with Crippen LogP contribution in [0.15, 0.2) is 53.9 Å². The summed E-state index contributed by atoms with van der Waals surface area (Å²) in [5, 5.41) is 3.06.